The highest BCUT2D eigenvalue weighted by Crippen LogP contribution is 2.08. The van der Waals surface area contributed by atoms with Gasteiger partial charge in [-0.25, -0.2) is 0 Å². The normalized spacial score (nSPS) is 10.4. The van der Waals surface area contributed by atoms with Gasteiger partial charge in [0.15, 0.2) is 5.78 Å². The van der Waals surface area contributed by atoms with Gasteiger partial charge in [0.05, 0.1) is 0 Å². The van der Waals surface area contributed by atoms with Crippen LogP contribution in [-0.4, -0.2) is 18.7 Å². The highest BCUT2D eigenvalue weighted by molar-refractivity contribution is 6.06. The van der Waals surface area contributed by atoms with E-state index in [0.29, 0.717) is 11.1 Å². The predicted molar refractivity (Wildman–Crippen MR) is 79.6 cm³/mol. The average Bonchev–Trinajstić information content (AvgIpc) is 2.53. The molecular formula is C17H15NO2. The minimum atomic E-state index is -0.124. The summed E-state index contributed by atoms with van der Waals surface area (Å²) in [6.07, 6.45) is 3.27. The van der Waals surface area contributed by atoms with Crippen LogP contribution in [0, 0.1) is 0 Å². The summed E-state index contributed by atoms with van der Waals surface area (Å²) in [5, 5.41) is 2.56. The van der Waals surface area contributed by atoms with Gasteiger partial charge in [-0.05, 0) is 23.8 Å². The van der Waals surface area contributed by atoms with Crippen LogP contribution in [0.1, 0.15) is 26.3 Å². The molecule has 0 aliphatic carbocycles. The van der Waals surface area contributed by atoms with Crippen molar-refractivity contribution in [2.24, 2.45) is 0 Å². The summed E-state index contributed by atoms with van der Waals surface area (Å²) in [7, 11) is 1.59. The van der Waals surface area contributed by atoms with Crippen LogP contribution in [0.25, 0.3) is 6.08 Å². The summed E-state index contributed by atoms with van der Waals surface area (Å²) in [4.78, 5) is 23.3. The predicted octanol–water partition coefficient (Wildman–Crippen LogP) is 2.94. The van der Waals surface area contributed by atoms with E-state index < -0.39 is 0 Å². The smallest absolute Gasteiger partial charge is 0.251 e. The highest BCUT2D eigenvalue weighted by Gasteiger charge is 2.02. The van der Waals surface area contributed by atoms with Crippen molar-refractivity contribution in [2.75, 3.05) is 7.05 Å². The summed E-state index contributed by atoms with van der Waals surface area (Å²) >= 11 is 0. The maximum atomic E-state index is 11.9. The molecule has 0 atom stereocenters. The first-order valence-electron chi connectivity index (χ1n) is 6.30. The highest BCUT2D eigenvalue weighted by atomic mass is 16.1. The van der Waals surface area contributed by atoms with E-state index in [1.807, 2.05) is 18.2 Å². The quantitative estimate of drug-likeness (QED) is 0.682. The minimum absolute atomic E-state index is 0.0408. The van der Waals surface area contributed by atoms with Crippen LogP contribution in [0.4, 0.5) is 0 Å². The Morgan fingerprint density at radius 2 is 1.55 bits per heavy atom. The van der Waals surface area contributed by atoms with Crippen molar-refractivity contribution >= 4 is 17.8 Å². The lowest BCUT2D eigenvalue weighted by molar-refractivity contribution is 0.0962. The molecule has 3 heteroatoms. The monoisotopic (exact) mass is 265 g/mol. The zero-order valence-electron chi connectivity index (χ0n) is 11.2. The van der Waals surface area contributed by atoms with Crippen LogP contribution < -0.4 is 5.32 Å². The Labute approximate surface area is 117 Å². The molecular weight excluding hydrogens is 250 g/mol. The van der Waals surface area contributed by atoms with Gasteiger partial charge >= 0.3 is 0 Å². The summed E-state index contributed by atoms with van der Waals surface area (Å²) in [6, 6.07) is 16.2. The van der Waals surface area contributed by atoms with Gasteiger partial charge in [0.25, 0.3) is 5.91 Å². The molecule has 2 rings (SSSR count). The van der Waals surface area contributed by atoms with E-state index in [4.69, 9.17) is 0 Å². The van der Waals surface area contributed by atoms with Crippen molar-refractivity contribution in [2.45, 2.75) is 0 Å². The van der Waals surface area contributed by atoms with Gasteiger partial charge in [-0.3, -0.25) is 9.59 Å². The molecule has 20 heavy (non-hydrogen) atoms. The molecule has 1 amide bonds. The zero-order valence-corrected chi connectivity index (χ0v) is 11.2. The van der Waals surface area contributed by atoms with Gasteiger partial charge < -0.3 is 5.32 Å². The van der Waals surface area contributed by atoms with E-state index in [1.165, 1.54) is 6.08 Å². The lowest BCUT2D eigenvalue weighted by Gasteiger charge is -2.00. The van der Waals surface area contributed by atoms with E-state index in [2.05, 4.69) is 5.32 Å². The molecule has 0 aliphatic rings. The van der Waals surface area contributed by atoms with E-state index in [-0.39, 0.29) is 11.7 Å². The number of nitrogens with one attached hydrogen (secondary N) is 1. The van der Waals surface area contributed by atoms with Crippen LogP contribution in [-0.2, 0) is 0 Å². The average molecular weight is 265 g/mol. The molecule has 0 spiro atoms. The number of allylic oxidation sites excluding steroid dienone is 1. The largest absolute Gasteiger partial charge is 0.355 e. The maximum absolute atomic E-state index is 11.9. The molecule has 0 bridgehead atoms. The molecule has 0 saturated heterocycles. The fourth-order valence-corrected chi connectivity index (χ4v) is 1.76. The van der Waals surface area contributed by atoms with Gasteiger partial charge in [0.1, 0.15) is 0 Å². The Hall–Kier alpha value is -2.68. The fraction of sp³-hybridized carbons (Fsp3) is 0.0588. The third-order valence-electron chi connectivity index (χ3n) is 2.89. The summed E-state index contributed by atoms with van der Waals surface area (Å²) in [6.45, 7) is 0. The van der Waals surface area contributed by atoms with Crippen LogP contribution in [0.2, 0.25) is 0 Å². The molecule has 0 unspecified atom stereocenters. The van der Waals surface area contributed by atoms with Gasteiger partial charge in [-0.2, -0.15) is 0 Å². The molecule has 0 saturated carbocycles. The van der Waals surface area contributed by atoms with E-state index in [0.717, 1.165) is 5.56 Å². The Morgan fingerprint density at radius 3 is 2.15 bits per heavy atom. The first-order valence-corrected chi connectivity index (χ1v) is 6.30. The molecule has 0 fully saturated rings. The zero-order chi connectivity index (χ0) is 14.4. The van der Waals surface area contributed by atoms with E-state index in [1.54, 1.807) is 49.5 Å². The lowest BCUT2D eigenvalue weighted by atomic mass is 10.1. The van der Waals surface area contributed by atoms with Crippen molar-refractivity contribution in [3.05, 3.63) is 77.4 Å². The molecule has 0 aromatic heterocycles. The van der Waals surface area contributed by atoms with Crippen molar-refractivity contribution in [3.63, 3.8) is 0 Å². The lowest BCUT2D eigenvalue weighted by Crippen LogP contribution is -2.17. The summed E-state index contributed by atoms with van der Waals surface area (Å²) in [5.74, 6) is -0.165. The third-order valence-corrected chi connectivity index (χ3v) is 2.89. The topological polar surface area (TPSA) is 46.2 Å². The molecule has 100 valence electrons. The van der Waals surface area contributed by atoms with Gasteiger partial charge in [0, 0.05) is 18.2 Å². The van der Waals surface area contributed by atoms with Gasteiger partial charge in [-0.1, -0.05) is 48.5 Å². The Balaban J connectivity index is 2.08. The second-order valence-electron chi connectivity index (χ2n) is 4.26. The third kappa shape index (κ3) is 3.42. The second-order valence-corrected chi connectivity index (χ2v) is 4.26. The number of benzene rings is 2. The number of amides is 1. The van der Waals surface area contributed by atoms with Gasteiger partial charge in [-0.15, -0.1) is 0 Å². The van der Waals surface area contributed by atoms with E-state index in [9.17, 15) is 9.59 Å². The molecule has 3 nitrogen and oxygen atoms in total. The molecule has 0 radical (unpaired) electrons. The van der Waals surface area contributed by atoms with Gasteiger partial charge in [0.2, 0.25) is 0 Å². The maximum Gasteiger partial charge on any atom is 0.251 e. The number of carbonyl (C=O) groups is 2. The van der Waals surface area contributed by atoms with Crippen molar-refractivity contribution < 1.29 is 9.59 Å². The first kappa shape index (κ1) is 13.7. The minimum Gasteiger partial charge on any atom is -0.355 e. The van der Waals surface area contributed by atoms with Crippen molar-refractivity contribution in [3.8, 4) is 0 Å². The van der Waals surface area contributed by atoms with Crippen molar-refractivity contribution in [1.29, 1.82) is 0 Å². The SMILES string of the molecule is CNC(=O)c1ccc(C=CC(=O)c2ccccc2)cc1. The standard InChI is InChI=1S/C17H15NO2/c1-18-17(20)15-10-7-13(8-11-15)9-12-16(19)14-5-3-2-4-6-14/h2-12H,1H3,(H,18,20). The number of carbonyl (C=O) groups excluding carboxylic acids is 2. The number of hydrogen-bond acceptors (Lipinski definition) is 2. The molecule has 2 aromatic rings. The van der Waals surface area contributed by atoms with Crippen LogP contribution >= 0.6 is 0 Å². The van der Waals surface area contributed by atoms with Crippen LogP contribution in [0.15, 0.2) is 60.7 Å². The number of hydrogen-bond donors (Lipinski definition) is 1. The number of rotatable bonds is 4. The molecule has 1 N–H and O–H groups in total. The summed E-state index contributed by atoms with van der Waals surface area (Å²) in [5.41, 5.74) is 2.13. The Kier molecular flexibility index (Phi) is 4.45. The molecule has 0 heterocycles. The Morgan fingerprint density at radius 1 is 0.900 bits per heavy atom. The van der Waals surface area contributed by atoms with Crippen molar-refractivity contribution in [1.82, 2.24) is 5.32 Å². The summed E-state index contributed by atoms with van der Waals surface area (Å²) < 4.78 is 0. The molecule has 0 aliphatic heterocycles. The van der Waals surface area contributed by atoms with Crippen LogP contribution in [0.5, 0.6) is 0 Å². The molecule has 2 aromatic carbocycles. The number of ketones is 1. The fourth-order valence-electron chi connectivity index (χ4n) is 1.76. The first-order chi connectivity index (χ1) is 9.70. The van der Waals surface area contributed by atoms with Crippen LogP contribution in [0.3, 0.4) is 0 Å². The Bertz CT molecular complexity index is 628. The second kappa shape index (κ2) is 6.48. The van der Waals surface area contributed by atoms with E-state index >= 15 is 0 Å².